The molecule has 0 nitrogen and oxygen atoms in total. The van der Waals surface area contributed by atoms with E-state index in [0.717, 1.165) is 6.07 Å². The zero-order chi connectivity index (χ0) is 10.2. The second kappa shape index (κ2) is 3.39. The lowest BCUT2D eigenvalue weighted by Crippen LogP contribution is -2.07. The third-order valence-corrected chi connectivity index (χ3v) is 2.23. The van der Waals surface area contributed by atoms with Crippen molar-refractivity contribution in [3.05, 3.63) is 33.3 Å². The minimum atomic E-state index is -4.40. The molecule has 0 unspecified atom stereocenters. The zero-order valence-electron chi connectivity index (χ0n) is 6.54. The minimum Gasteiger partial charge on any atom is -0.166 e. The van der Waals surface area contributed by atoms with Gasteiger partial charge in [-0.2, -0.15) is 13.2 Å². The van der Waals surface area contributed by atoms with E-state index in [1.165, 1.54) is 13.0 Å². The number of halogens is 5. The first-order chi connectivity index (χ1) is 5.82. The van der Waals surface area contributed by atoms with Gasteiger partial charge in [0.2, 0.25) is 0 Å². The van der Waals surface area contributed by atoms with E-state index in [4.69, 9.17) is 23.2 Å². The molecular weight excluding hydrogens is 224 g/mol. The third kappa shape index (κ3) is 2.29. The molecule has 0 saturated heterocycles. The van der Waals surface area contributed by atoms with E-state index in [9.17, 15) is 13.2 Å². The molecule has 72 valence electrons. The molecule has 5 heteroatoms. The van der Waals surface area contributed by atoms with Gasteiger partial charge in [-0.3, -0.25) is 0 Å². The van der Waals surface area contributed by atoms with Crippen LogP contribution in [0.3, 0.4) is 0 Å². The van der Waals surface area contributed by atoms with Gasteiger partial charge in [0.05, 0.1) is 5.56 Å². The fraction of sp³-hybridized carbons (Fsp3) is 0.250. The van der Waals surface area contributed by atoms with Crippen molar-refractivity contribution in [1.82, 2.24) is 0 Å². The summed E-state index contributed by atoms with van der Waals surface area (Å²) in [6.07, 6.45) is -4.40. The van der Waals surface area contributed by atoms with E-state index in [1.54, 1.807) is 0 Å². The maximum atomic E-state index is 12.3. The quantitative estimate of drug-likeness (QED) is 0.621. The number of benzene rings is 1. The van der Waals surface area contributed by atoms with Crippen LogP contribution in [-0.2, 0) is 6.18 Å². The highest BCUT2D eigenvalue weighted by Crippen LogP contribution is 2.36. The summed E-state index contributed by atoms with van der Waals surface area (Å²) in [4.78, 5) is 0. The summed E-state index contributed by atoms with van der Waals surface area (Å²) >= 11 is 11.0. The molecule has 0 aromatic heterocycles. The van der Waals surface area contributed by atoms with Gasteiger partial charge in [-0.05, 0) is 24.6 Å². The maximum absolute atomic E-state index is 12.3. The van der Waals surface area contributed by atoms with Crippen molar-refractivity contribution in [2.75, 3.05) is 0 Å². The highest BCUT2D eigenvalue weighted by Gasteiger charge is 2.33. The molecule has 1 rings (SSSR count). The van der Waals surface area contributed by atoms with Crippen LogP contribution in [0.4, 0.5) is 13.2 Å². The van der Waals surface area contributed by atoms with Crippen molar-refractivity contribution in [2.45, 2.75) is 13.1 Å². The number of alkyl halides is 3. The van der Waals surface area contributed by atoms with Crippen LogP contribution in [0.25, 0.3) is 0 Å². The molecule has 0 aliphatic heterocycles. The van der Waals surface area contributed by atoms with Crippen LogP contribution in [0.15, 0.2) is 12.1 Å². The Hall–Kier alpha value is -0.410. The van der Waals surface area contributed by atoms with Crippen molar-refractivity contribution in [2.24, 2.45) is 0 Å². The SMILES string of the molecule is Cc1c(Cl)cc(Cl)cc1C(F)(F)F. The summed E-state index contributed by atoms with van der Waals surface area (Å²) in [5, 5.41) is 0.0164. The Balaban J connectivity index is 3.37. The van der Waals surface area contributed by atoms with E-state index in [1.807, 2.05) is 0 Å². The molecule has 13 heavy (non-hydrogen) atoms. The van der Waals surface area contributed by atoms with Crippen molar-refractivity contribution in [3.8, 4) is 0 Å². The predicted molar refractivity (Wildman–Crippen MR) is 46.2 cm³/mol. The minimum absolute atomic E-state index is 0.00133. The van der Waals surface area contributed by atoms with E-state index in [-0.39, 0.29) is 15.6 Å². The van der Waals surface area contributed by atoms with Crippen molar-refractivity contribution >= 4 is 23.2 Å². The Morgan fingerprint density at radius 2 is 1.69 bits per heavy atom. The van der Waals surface area contributed by atoms with Gasteiger partial charge in [-0.25, -0.2) is 0 Å². The van der Waals surface area contributed by atoms with Gasteiger partial charge in [0.1, 0.15) is 0 Å². The molecule has 0 aliphatic carbocycles. The fourth-order valence-corrected chi connectivity index (χ4v) is 1.43. The van der Waals surface area contributed by atoms with Gasteiger partial charge in [-0.15, -0.1) is 0 Å². The molecule has 0 bridgehead atoms. The molecule has 0 fully saturated rings. The highest BCUT2D eigenvalue weighted by molar-refractivity contribution is 6.35. The van der Waals surface area contributed by atoms with Gasteiger partial charge < -0.3 is 0 Å². The topological polar surface area (TPSA) is 0 Å². The first kappa shape index (κ1) is 10.7. The number of hydrogen-bond donors (Lipinski definition) is 0. The number of hydrogen-bond acceptors (Lipinski definition) is 0. The third-order valence-electron chi connectivity index (χ3n) is 1.61. The maximum Gasteiger partial charge on any atom is 0.416 e. The molecular formula is C8H5Cl2F3. The van der Waals surface area contributed by atoms with Crippen molar-refractivity contribution in [3.63, 3.8) is 0 Å². The van der Waals surface area contributed by atoms with E-state index in [2.05, 4.69) is 0 Å². The van der Waals surface area contributed by atoms with Crippen LogP contribution in [0.5, 0.6) is 0 Å². The molecule has 1 aromatic rings. The van der Waals surface area contributed by atoms with Crippen LogP contribution in [0, 0.1) is 6.92 Å². The molecule has 0 spiro atoms. The highest BCUT2D eigenvalue weighted by atomic mass is 35.5. The van der Waals surface area contributed by atoms with E-state index in [0.29, 0.717) is 0 Å². The summed E-state index contributed by atoms with van der Waals surface area (Å²) in [5.74, 6) is 0. The van der Waals surface area contributed by atoms with Crippen LogP contribution in [0.1, 0.15) is 11.1 Å². The van der Waals surface area contributed by atoms with E-state index < -0.39 is 11.7 Å². The number of rotatable bonds is 0. The summed E-state index contributed by atoms with van der Waals surface area (Å²) in [6.45, 7) is 1.31. The Bertz CT molecular complexity index is 331. The predicted octanol–water partition coefficient (Wildman–Crippen LogP) is 4.32. The van der Waals surface area contributed by atoms with Gasteiger partial charge in [0.15, 0.2) is 0 Å². The summed E-state index contributed by atoms with van der Waals surface area (Å²) in [6, 6.07) is 2.15. The molecule has 1 aromatic carbocycles. The van der Waals surface area contributed by atoms with Crippen LogP contribution >= 0.6 is 23.2 Å². The average Bonchev–Trinajstić information content (AvgIpc) is 1.94. The lowest BCUT2D eigenvalue weighted by atomic mass is 10.1. The first-order valence-corrected chi connectivity index (χ1v) is 4.11. The largest absolute Gasteiger partial charge is 0.416 e. The summed E-state index contributed by atoms with van der Waals surface area (Å²) in [7, 11) is 0. The molecule has 0 radical (unpaired) electrons. The Morgan fingerprint density at radius 3 is 2.15 bits per heavy atom. The second-order valence-electron chi connectivity index (χ2n) is 2.56. The molecule has 0 atom stereocenters. The zero-order valence-corrected chi connectivity index (χ0v) is 8.06. The standard InChI is InChI=1S/C8H5Cl2F3/c1-4-6(8(11,12)13)2-5(9)3-7(4)10/h2-3H,1H3. The van der Waals surface area contributed by atoms with Gasteiger partial charge in [-0.1, -0.05) is 23.2 Å². The second-order valence-corrected chi connectivity index (χ2v) is 3.40. The Kier molecular flexibility index (Phi) is 2.78. The van der Waals surface area contributed by atoms with Gasteiger partial charge in [0.25, 0.3) is 0 Å². The Morgan fingerprint density at radius 1 is 1.15 bits per heavy atom. The van der Waals surface area contributed by atoms with Crippen molar-refractivity contribution in [1.29, 1.82) is 0 Å². The normalized spacial score (nSPS) is 11.8. The van der Waals surface area contributed by atoms with Crippen LogP contribution < -0.4 is 0 Å². The monoisotopic (exact) mass is 228 g/mol. The summed E-state index contributed by atoms with van der Waals surface area (Å²) in [5.41, 5.74) is -0.788. The van der Waals surface area contributed by atoms with Gasteiger partial charge >= 0.3 is 6.18 Å². The van der Waals surface area contributed by atoms with Crippen LogP contribution in [-0.4, -0.2) is 0 Å². The molecule has 0 saturated carbocycles. The molecule has 0 heterocycles. The summed E-state index contributed by atoms with van der Waals surface area (Å²) < 4.78 is 36.9. The first-order valence-electron chi connectivity index (χ1n) is 3.35. The van der Waals surface area contributed by atoms with E-state index >= 15 is 0 Å². The molecule has 0 N–H and O–H groups in total. The lowest BCUT2D eigenvalue weighted by molar-refractivity contribution is -0.138. The molecule has 0 amide bonds. The smallest absolute Gasteiger partial charge is 0.166 e. The fourth-order valence-electron chi connectivity index (χ4n) is 0.940. The average molecular weight is 229 g/mol. The lowest BCUT2D eigenvalue weighted by Gasteiger charge is -2.11. The molecule has 0 aliphatic rings. The Labute approximate surface area is 83.3 Å². The van der Waals surface area contributed by atoms with Crippen LogP contribution in [0.2, 0.25) is 10.0 Å². The van der Waals surface area contributed by atoms with Crippen molar-refractivity contribution < 1.29 is 13.2 Å². The van der Waals surface area contributed by atoms with Gasteiger partial charge in [0, 0.05) is 10.0 Å².